The van der Waals surface area contributed by atoms with Gasteiger partial charge in [0.15, 0.2) is 12.2 Å². The van der Waals surface area contributed by atoms with E-state index in [9.17, 15) is 43.2 Å². The third-order valence-electron chi connectivity index (χ3n) is 17.9. The van der Waals surface area contributed by atoms with Crippen molar-refractivity contribution in [3.63, 3.8) is 0 Å². The maximum atomic E-state index is 13.1. The predicted molar refractivity (Wildman–Crippen MR) is 386 cm³/mol. The van der Waals surface area contributed by atoms with Crippen molar-refractivity contribution >= 4 is 39.5 Å². The molecule has 3 N–H and O–H groups in total. The average molecular weight is 1400 g/mol. The summed E-state index contributed by atoms with van der Waals surface area (Å²) >= 11 is 0. The molecule has 95 heavy (non-hydrogen) atoms. The van der Waals surface area contributed by atoms with Gasteiger partial charge in [-0.1, -0.05) is 331 Å². The van der Waals surface area contributed by atoms with E-state index < -0.39 is 97.5 Å². The number of aliphatic hydroxyl groups is 1. The van der Waals surface area contributed by atoms with Gasteiger partial charge in [-0.15, -0.1) is 0 Å². The van der Waals surface area contributed by atoms with Crippen LogP contribution in [0.5, 0.6) is 0 Å². The molecule has 0 saturated heterocycles. The molecule has 6 atom stereocenters. The van der Waals surface area contributed by atoms with Crippen molar-refractivity contribution in [2.24, 2.45) is 23.7 Å². The predicted octanol–water partition coefficient (Wildman–Crippen LogP) is 22.0. The van der Waals surface area contributed by atoms with Gasteiger partial charge in [-0.25, -0.2) is 9.13 Å². The minimum absolute atomic E-state index is 0.106. The molecule has 0 aliphatic rings. The quantitative estimate of drug-likeness (QED) is 0.0222. The van der Waals surface area contributed by atoms with E-state index in [-0.39, 0.29) is 25.7 Å². The zero-order valence-electron chi connectivity index (χ0n) is 62.3. The molecule has 0 aliphatic carbocycles. The molecular formula is C76H148O17P2. The first-order valence-corrected chi connectivity index (χ1v) is 42.2. The molecule has 564 valence electrons. The minimum atomic E-state index is -4.96. The highest BCUT2D eigenvalue weighted by atomic mass is 31.2. The Kier molecular flexibility index (Phi) is 64.0. The maximum Gasteiger partial charge on any atom is 0.472 e. The van der Waals surface area contributed by atoms with Crippen molar-refractivity contribution in [1.29, 1.82) is 0 Å². The van der Waals surface area contributed by atoms with Gasteiger partial charge in [-0.05, 0) is 49.4 Å². The number of rotatable bonds is 73. The highest BCUT2D eigenvalue weighted by Crippen LogP contribution is 2.45. The third-order valence-corrected chi connectivity index (χ3v) is 19.8. The van der Waals surface area contributed by atoms with E-state index >= 15 is 0 Å². The Morgan fingerprint density at radius 2 is 0.505 bits per heavy atom. The van der Waals surface area contributed by atoms with E-state index in [0.29, 0.717) is 31.6 Å². The molecule has 0 fully saturated rings. The molecule has 0 heterocycles. The number of esters is 4. The number of phosphoric ester groups is 2. The highest BCUT2D eigenvalue weighted by Gasteiger charge is 2.30. The van der Waals surface area contributed by atoms with Crippen molar-refractivity contribution < 1.29 is 80.2 Å². The monoisotopic (exact) mass is 1400 g/mol. The van der Waals surface area contributed by atoms with Gasteiger partial charge >= 0.3 is 39.5 Å². The first kappa shape index (κ1) is 93.1. The number of carbonyl (C=O) groups is 4. The Hall–Kier alpha value is -1.94. The number of ether oxygens (including phenoxy) is 4. The van der Waals surface area contributed by atoms with Crippen LogP contribution in [0.3, 0.4) is 0 Å². The first-order chi connectivity index (χ1) is 45.6. The van der Waals surface area contributed by atoms with Gasteiger partial charge in [0, 0.05) is 25.7 Å². The van der Waals surface area contributed by atoms with Gasteiger partial charge in [0.1, 0.15) is 19.3 Å². The largest absolute Gasteiger partial charge is 0.472 e. The summed E-state index contributed by atoms with van der Waals surface area (Å²) in [5, 5.41) is 10.6. The molecule has 0 amide bonds. The molecule has 3 unspecified atom stereocenters. The fourth-order valence-electron chi connectivity index (χ4n) is 11.5. The second-order valence-corrected chi connectivity index (χ2v) is 32.0. The summed E-state index contributed by atoms with van der Waals surface area (Å²) < 4.78 is 68.5. The van der Waals surface area contributed by atoms with Crippen LogP contribution in [0.4, 0.5) is 0 Å². The van der Waals surface area contributed by atoms with Crippen molar-refractivity contribution in [3.05, 3.63) is 0 Å². The van der Waals surface area contributed by atoms with Crippen LogP contribution in [-0.4, -0.2) is 96.7 Å². The van der Waals surface area contributed by atoms with Gasteiger partial charge in [0.05, 0.1) is 26.4 Å². The fraction of sp³-hybridized carbons (Fsp3) is 0.947. The lowest BCUT2D eigenvalue weighted by molar-refractivity contribution is -0.161. The van der Waals surface area contributed by atoms with E-state index in [0.717, 1.165) is 114 Å². The second kappa shape index (κ2) is 65.4. The van der Waals surface area contributed by atoms with E-state index in [1.165, 1.54) is 180 Å². The molecule has 0 rings (SSSR count). The highest BCUT2D eigenvalue weighted by molar-refractivity contribution is 7.47. The summed E-state index contributed by atoms with van der Waals surface area (Å²) in [5.74, 6) is 0.939. The van der Waals surface area contributed by atoms with Crippen LogP contribution in [-0.2, 0) is 65.4 Å². The van der Waals surface area contributed by atoms with E-state index in [4.69, 9.17) is 37.0 Å². The van der Waals surface area contributed by atoms with Crippen LogP contribution in [0.1, 0.15) is 383 Å². The number of carbonyl (C=O) groups excluding carboxylic acids is 4. The molecule has 0 spiro atoms. The standard InChI is InChI=1S/C76H148O17P2/c1-9-69(8)55-47-39-30-24-20-21-25-31-40-48-56-73(78)86-62-71(92-75(80)59-51-43-33-27-19-15-14-17-23-29-37-45-53-67(4)5)64-90-94(82,83)88-60-70(77)61-89-95(84,85)91-65-72(63-87-74(79)57-49-41-35-34-38-46-54-68(6)7)93-76(81)58-50-42-32-26-18-13-11-10-12-16-22-28-36-44-52-66(2)3/h66-72,77H,9-65H2,1-8H3,(H,82,83)(H,84,85)/t69?,70-,71-,72-/m1/s1. The van der Waals surface area contributed by atoms with Gasteiger partial charge < -0.3 is 33.8 Å². The molecule has 0 saturated carbocycles. The Morgan fingerprint density at radius 1 is 0.295 bits per heavy atom. The van der Waals surface area contributed by atoms with Crippen molar-refractivity contribution in [1.82, 2.24) is 0 Å². The number of hydrogen-bond donors (Lipinski definition) is 3. The molecule has 19 heteroatoms. The number of hydrogen-bond acceptors (Lipinski definition) is 15. The molecule has 0 aliphatic heterocycles. The molecule has 0 radical (unpaired) electrons. The van der Waals surface area contributed by atoms with E-state index in [1.807, 2.05) is 0 Å². The first-order valence-electron chi connectivity index (χ1n) is 39.2. The van der Waals surface area contributed by atoms with E-state index in [1.54, 1.807) is 0 Å². The van der Waals surface area contributed by atoms with Crippen LogP contribution in [0.2, 0.25) is 0 Å². The van der Waals surface area contributed by atoms with Gasteiger partial charge in [0.25, 0.3) is 0 Å². The van der Waals surface area contributed by atoms with Crippen molar-refractivity contribution in [2.75, 3.05) is 39.6 Å². The van der Waals surface area contributed by atoms with E-state index in [2.05, 4.69) is 55.4 Å². The third kappa shape index (κ3) is 69.0. The van der Waals surface area contributed by atoms with Crippen LogP contribution >= 0.6 is 15.6 Å². The Balaban J connectivity index is 5.24. The molecular weight excluding hydrogens is 1250 g/mol. The summed E-state index contributed by atoms with van der Waals surface area (Å²) in [6.07, 6.45) is 50.0. The fourth-order valence-corrected chi connectivity index (χ4v) is 13.1. The normalized spacial score (nSPS) is 14.4. The molecule has 0 aromatic carbocycles. The maximum absolute atomic E-state index is 13.1. The van der Waals surface area contributed by atoms with Crippen LogP contribution in [0.15, 0.2) is 0 Å². The Labute approximate surface area is 581 Å². The summed E-state index contributed by atoms with van der Waals surface area (Å²) in [5.41, 5.74) is 0. The van der Waals surface area contributed by atoms with Crippen LogP contribution in [0.25, 0.3) is 0 Å². The lowest BCUT2D eigenvalue weighted by Gasteiger charge is -2.21. The van der Waals surface area contributed by atoms with Crippen molar-refractivity contribution in [2.45, 2.75) is 401 Å². The molecule has 0 bridgehead atoms. The molecule has 17 nitrogen and oxygen atoms in total. The van der Waals surface area contributed by atoms with Crippen LogP contribution < -0.4 is 0 Å². The summed E-state index contributed by atoms with van der Waals surface area (Å²) in [4.78, 5) is 72.8. The SMILES string of the molecule is CCC(C)CCCCCCCCCCCCC(=O)OC[C@H](COP(=O)(O)OC[C@@H](O)COP(=O)(O)OC[C@@H](COC(=O)CCCCCCCCC(C)C)OC(=O)CCCCCCCCCCCCCCCCC(C)C)OC(=O)CCCCCCCCCCCCCCC(C)C. The second-order valence-electron chi connectivity index (χ2n) is 29.1. The lowest BCUT2D eigenvalue weighted by atomic mass is 9.99. The summed E-state index contributed by atoms with van der Waals surface area (Å²) in [6, 6.07) is 0. The Bertz CT molecular complexity index is 1870. The van der Waals surface area contributed by atoms with Gasteiger partial charge in [-0.2, -0.15) is 0 Å². The van der Waals surface area contributed by atoms with Gasteiger partial charge in [0.2, 0.25) is 0 Å². The summed E-state index contributed by atoms with van der Waals surface area (Å²) in [6.45, 7) is 14.2. The van der Waals surface area contributed by atoms with Crippen molar-refractivity contribution in [3.8, 4) is 0 Å². The van der Waals surface area contributed by atoms with Gasteiger partial charge in [-0.3, -0.25) is 37.3 Å². The lowest BCUT2D eigenvalue weighted by Crippen LogP contribution is -2.30. The topological polar surface area (TPSA) is 237 Å². The molecule has 0 aromatic rings. The number of phosphoric acid groups is 2. The number of unbranched alkanes of at least 4 members (excludes halogenated alkanes) is 38. The van der Waals surface area contributed by atoms with Crippen LogP contribution in [0, 0.1) is 23.7 Å². The zero-order valence-corrected chi connectivity index (χ0v) is 64.1. The molecule has 0 aromatic heterocycles. The summed E-state index contributed by atoms with van der Waals surface area (Å²) in [7, 11) is -9.91. The zero-order chi connectivity index (χ0) is 70.3. The smallest absolute Gasteiger partial charge is 0.462 e. The Morgan fingerprint density at radius 3 is 0.747 bits per heavy atom. The number of aliphatic hydroxyl groups excluding tert-OH is 1. The minimum Gasteiger partial charge on any atom is -0.462 e. The average Bonchev–Trinajstić information content (AvgIpc) is 2.36.